The van der Waals surface area contributed by atoms with E-state index in [-0.39, 0.29) is 17.3 Å². The molecule has 0 bridgehead atoms. The largest absolute Gasteiger partial charge is 0.294 e. The van der Waals surface area contributed by atoms with E-state index in [0.29, 0.717) is 0 Å². The number of nitro groups is 2. The highest BCUT2D eigenvalue weighted by atomic mass is 16.6. The van der Waals surface area contributed by atoms with Gasteiger partial charge in [0.25, 0.3) is 11.4 Å². The lowest BCUT2D eigenvalue weighted by Gasteiger charge is -1.99. The highest BCUT2D eigenvalue weighted by Gasteiger charge is 2.32. The molecule has 7 heteroatoms. The van der Waals surface area contributed by atoms with Crippen molar-refractivity contribution in [1.29, 1.82) is 0 Å². The van der Waals surface area contributed by atoms with Crippen LogP contribution in [0.1, 0.15) is 50.4 Å². The van der Waals surface area contributed by atoms with Crippen LogP contribution in [0.2, 0.25) is 0 Å². The Labute approximate surface area is 147 Å². The second kappa shape index (κ2) is 10.9. The fourth-order valence-corrected chi connectivity index (χ4v) is 1.53. The lowest BCUT2D eigenvalue weighted by atomic mass is 10.1. The van der Waals surface area contributed by atoms with E-state index in [2.05, 4.69) is 20.1 Å². The zero-order valence-electron chi connectivity index (χ0n) is 14.9. The third kappa shape index (κ3) is 9.14. The molecule has 0 N–H and O–H groups in total. The van der Waals surface area contributed by atoms with E-state index in [4.69, 9.17) is 0 Å². The van der Waals surface area contributed by atoms with Crippen LogP contribution in [0.5, 0.6) is 0 Å². The maximum absolute atomic E-state index is 11.7. The molecule has 0 radical (unpaired) electrons. The Bertz CT molecular complexity index is 627. The standard InChI is InChI=1S/C10H8N2O5.2C4H8/c13-10(6-1-2-6)7-3-8(11(14)15)5-9(4-7)12(16)17;1-4(2)3;1-3-4-2/h3-6H,1-2H2;1H2,2-3H3;3H,1,4H2,2H3. The molecule has 0 saturated heterocycles. The highest BCUT2D eigenvalue weighted by molar-refractivity contribution is 6.00. The Hall–Kier alpha value is -2.83. The topological polar surface area (TPSA) is 103 Å². The number of ketones is 1. The van der Waals surface area contributed by atoms with Gasteiger partial charge in [0.2, 0.25) is 0 Å². The number of carbonyl (C=O) groups is 1. The molecule has 1 fully saturated rings. The van der Waals surface area contributed by atoms with E-state index in [1.807, 2.05) is 19.9 Å². The summed E-state index contributed by atoms with van der Waals surface area (Å²) in [6.45, 7) is 13.0. The van der Waals surface area contributed by atoms with Crippen molar-refractivity contribution in [1.82, 2.24) is 0 Å². The predicted octanol–water partition coefficient (Wildman–Crippen LogP) is 5.26. The number of non-ortho nitro benzene ring substituents is 2. The number of allylic oxidation sites excluding steroid dienone is 2. The van der Waals surface area contributed by atoms with Gasteiger partial charge in [-0.15, -0.1) is 13.2 Å². The van der Waals surface area contributed by atoms with Crippen LogP contribution in [0.25, 0.3) is 0 Å². The summed E-state index contributed by atoms with van der Waals surface area (Å²) in [5.74, 6) is -0.381. The van der Waals surface area contributed by atoms with E-state index >= 15 is 0 Å². The monoisotopic (exact) mass is 348 g/mol. The molecule has 25 heavy (non-hydrogen) atoms. The molecule has 2 rings (SSSR count). The minimum Gasteiger partial charge on any atom is -0.294 e. The van der Waals surface area contributed by atoms with Gasteiger partial charge in [0, 0.05) is 23.6 Å². The van der Waals surface area contributed by atoms with Gasteiger partial charge in [-0.05, 0) is 33.1 Å². The van der Waals surface area contributed by atoms with Crippen molar-refractivity contribution >= 4 is 17.2 Å². The summed E-state index contributed by atoms with van der Waals surface area (Å²) < 4.78 is 0. The van der Waals surface area contributed by atoms with Crippen LogP contribution in [0.3, 0.4) is 0 Å². The molecule has 0 heterocycles. The lowest BCUT2D eigenvalue weighted by Crippen LogP contribution is -2.03. The Balaban J connectivity index is 0.000000609. The summed E-state index contributed by atoms with van der Waals surface area (Å²) in [7, 11) is 0. The number of Topliss-reactive ketones (excluding diaryl/α,β-unsaturated/α-hetero) is 1. The number of nitrogens with zero attached hydrogens (tertiary/aromatic N) is 2. The van der Waals surface area contributed by atoms with Crippen LogP contribution < -0.4 is 0 Å². The zero-order valence-corrected chi connectivity index (χ0v) is 14.9. The van der Waals surface area contributed by atoms with Crippen molar-refractivity contribution in [2.24, 2.45) is 5.92 Å². The van der Waals surface area contributed by atoms with E-state index in [1.165, 1.54) is 5.57 Å². The molecule has 136 valence electrons. The lowest BCUT2D eigenvalue weighted by molar-refractivity contribution is -0.394. The van der Waals surface area contributed by atoms with E-state index in [9.17, 15) is 25.0 Å². The number of rotatable bonds is 5. The molecule has 7 nitrogen and oxygen atoms in total. The van der Waals surface area contributed by atoms with Gasteiger partial charge >= 0.3 is 0 Å². The summed E-state index contributed by atoms with van der Waals surface area (Å²) in [4.78, 5) is 31.4. The van der Waals surface area contributed by atoms with Gasteiger partial charge in [0.05, 0.1) is 15.9 Å². The van der Waals surface area contributed by atoms with Gasteiger partial charge in [-0.3, -0.25) is 25.0 Å². The Morgan fingerprint density at radius 2 is 1.52 bits per heavy atom. The highest BCUT2D eigenvalue weighted by Crippen LogP contribution is 2.34. The van der Waals surface area contributed by atoms with Gasteiger partial charge in [0.1, 0.15) is 0 Å². The predicted molar refractivity (Wildman–Crippen MR) is 97.8 cm³/mol. The normalized spacial score (nSPS) is 11.8. The van der Waals surface area contributed by atoms with Gasteiger partial charge in [0.15, 0.2) is 5.78 Å². The molecule has 1 saturated carbocycles. The Morgan fingerprint density at radius 3 is 1.76 bits per heavy atom. The van der Waals surface area contributed by atoms with E-state index < -0.39 is 21.2 Å². The number of carbonyl (C=O) groups excluding carboxylic acids is 1. The van der Waals surface area contributed by atoms with Crippen LogP contribution in [0.4, 0.5) is 11.4 Å². The van der Waals surface area contributed by atoms with Crippen molar-refractivity contribution in [3.05, 3.63) is 68.8 Å². The first-order valence-electron chi connectivity index (χ1n) is 7.85. The third-order valence-electron chi connectivity index (χ3n) is 2.85. The summed E-state index contributed by atoms with van der Waals surface area (Å²) >= 11 is 0. The number of nitro benzene ring substituents is 2. The first-order chi connectivity index (χ1) is 11.6. The zero-order chi connectivity index (χ0) is 19.6. The molecule has 0 aliphatic heterocycles. The molecule has 1 aliphatic carbocycles. The maximum Gasteiger partial charge on any atom is 0.277 e. The van der Waals surface area contributed by atoms with Crippen molar-refractivity contribution in [2.75, 3.05) is 0 Å². The second-order valence-electron chi connectivity index (χ2n) is 5.79. The molecule has 0 spiro atoms. The molecule has 1 aromatic rings. The first-order valence-corrected chi connectivity index (χ1v) is 7.85. The summed E-state index contributed by atoms with van der Waals surface area (Å²) in [5.41, 5.74) is 0.361. The average Bonchev–Trinajstić information content (AvgIpc) is 3.38. The quantitative estimate of drug-likeness (QED) is 0.312. The molecule has 0 unspecified atom stereocenters. The van der Waals surface area contributed by atoms with E-state index in [1.54, 1.807) is 0 Å². The van der Waals surface area contributed by atoms with Crippen LogP contribution >= 0.6 is 0 Å². The van der Waals surface area contributed by atoms with Crippen LogP contribution in [0.15, 0.2) is 43.0 Å². The van der Waals surface area contributed by atoms with Gasteiger partial charge in [-0.2, -0.15) is 0 Å². The van der Waals surface area contributed by atoms with Gasteiger partial charge < -0.3 is 0 Å². The van der Waals surface area contributed by atoms with Crippen LogP contribution in [0, 0.1) is 26.1 Å². The Morgan fingerprint density at radius 1 is 1.16 bits per heavy atom. The minimum atomic E-state index is -0.739. The third-order valence-corrected chi connectivity index (χ3v) is 2.85. The minimum absolute atomic E-state index is 0.0494. The van der Waals surface area contributed by atoms with Crippen molar-refractivity contribution in [2.45, 2.75) is 40.0 Å². The maximum atomic E-state index is 11.7. The Kier molecular flexibility index (Phi) is 9.62. The van der Waals surface area contributed by atoms with Gasteiger partial charge in [-0.25, -0.2) is 0 Å². The fourth-order valence-electron chi connectivity index (χ4n) is 1.53. The van der Waals surface area contributed by atoms with Crippen LogP contribution in [-0.2, 0) is 0 Å². The van der Waals surface area contributed by atoms with Crippen molar-refractivity contribution in [3.63, 3.8) is 0 Å². The van der Waals surface area contributed by atoms with Crippen LogP contribution in [-0.4, -0.2) is 15.6 Å². The second-order valence-corrected chi connectivity index (χ2v) is 5.79. The molecule has 0 amide bonds. The summed E-state index contributed by atoms with van der Waals surface area (Å²) in [5, 5.41) is 21.2. The molecule has 1 aromatic carbocycles. The molecular weight excluding hydrogens is 324 g/mol. The van der Waals surface area contributed by atoms with Crippen molar-refractivity contribution < 1.29 is 14.6 Å². The first kappa shape index (κ1) is 22.2. The average molecular weight is 348 g/mol. The van der Waals surface area contributed by atoms with Gasteiger partial charge in [-0.1, -0.05) is 18.6 Å². The smallest absolute Gasteiger partial charge is 0.277 e. The van der Waals surface area contributed by atoms with E-state index in [0.717, 1.165) is 37.5 Å². The molecule has 1 aliphatic rings. The summed E-state index contributed by atoms with van der Waals surface area (Å²) in [6, 6.07) is 3.03. The number of hydrogen-bond acceptors (Lipinski definition) is 5. The number of benzene rings is 1. The molecule has 0 aromatic heterocycles. The SMILES string of the molecule is C=C(C)C.C=CCC.O=C(c1cc([N+](=O)[O-])cc([N+](=O)[O-])c1)C1CC1. The molecule has 0 atom stereocenters. The summed E-state index contributed by atoms with van der Waals surface area (Å²) in [6.07, 6.45) is 4.45. The van der Waals surface area contributed by atoms with Crippen molar-refractivity contribution in [3.8, 4) is 0 Å². The fraction of sp³-hybridized carbons (Fsp3) is 0.389. The molecular formula is C18H24N2O5. The number of hydrogen-bond donors (Lipinski definition) is 0.